The van der Waals surface area contributed by atoms with Gasteiger partial charge in [-0.3, -0.25) is 0 Å². The molecule has 5 atom stereocenters. The first-order valence-electron chi connectivity index (χ1n) is 6.46. The molecule has 0 spiro atoms. The minimum absolute atomic E-state index is 0.698. The number of hydrogen-bond acceptors (Lipinski definition) is 1. The minimum atomic E-state index is 0.698. The van der Waals surface area contributed by atoms with Crippen LogP contribution in [0.3, 0.4) is 0 Å². The highest BCUT2D eigenvalue weighted by atomic mass is 14.9. The van der Waals surface area contributed by atoms with Gasteiger partial charge in [0.2, 0.25) is 0 Å². The van der Waals surface area contributed by atoms with Crippen LogP contribution in [0.1, 0.15) is 52.9 Å². The summed E-state index contributed by atoms with van der Waals surface area (Å²) in [7, 11) is 0. The Hall–Kier alpha value is -0.0400. The molecule has 0 heterocycles. The zero-order chi connectivity index (χ0) is 10.1. The molecule has 2 aliphatic rings. The van der Waals surface area contributed by atoms with Crippen LogP contribution in [-0.2, 0) is 0 Å². The van der Waals surface area contributed by atoms with Crippen LogP contribution in [0, 0.1) is 17.8 Å². The van der Waals surface area contributed by atoms with E-state index in [0.717, 1.165) is 23.8 Å². The van der Waals surface area contributed by atoms with Crippen molar-refractivity contribution in [3.8, 4) is 0 Å². The van der Waals surface area contributed by atoms with Gasteiger partial charge in [0.15, 0.2) is 0 Å². The Morgan fingerprint density at radius 1 is 1.21 bits per heavy atom. The van der Waals surface area contributed by atoms with E-state index >= 15 is 0 Å². The first kappa shape index (κ1) is 10.5. The average molecular weight is 195 g/mol. The number of rotatable bonds is 4. The van der Waals surface area contributed by atoms with Crippen molar-refractivity contribution >= 4 is 0 Å². The zero-order valence-electron chi connectivity index (χ0n) is 9.92. The third kappa shape index (κ3) is 1.98. The molecule has 2 rings (SSSR count). The SMILES string of the molecule is CCC(C)NC(C)C1CC2CCC1C2. The summed E-state index contributed by atoms with van der Waals surface area (Å²) in [5.74, 6) is 3.14. The first-order valence-corrected chi connectivity index (χ1v) is 6.46. The molecule has 82 valence electrons. The number of hydrogen-bond donors (Lipinski definition) is 1. The largest absolute Gasteiger partial charge is 0.312 e. The molecule has 2 bridgehead atoms. The van der Waals surface area contributed by atoms with Gasteiger partial charge in [-0.1, -0.05) is 13.3 Å². The van der Waals surface area contributed by atoms with Crippen molar-refractivity contribution in [2.45, 2.75) is 65.0 Å². The lowest BCUT2D eigenvalue weighted by Gasteiger charge is -2.30. The predicted octanol–water partition coefficient (Wildman–Crippen LogP) is 3.20. The van der Waals surface area contributed by atoms with Crippen LogP contribution in [0.25, 0.3) is 0 Å². The summed E-state index contributed by atoms with van der Waals surface area (Å²) in [6.07, 6.45) is 7.34. The highest BCUT2D eigenvalue weighted by molar-refractivity contribution is 4.94. The summed E-state index contributed by atoms with van der Waals surface area (Å²) in [6, 6.07) is 1.45. The summed E-state index contributed by atoms with van der Waals surface area (Å²) in [6.45, 7) is 6.98. The molecule has 1 nitrogen and oxygen atoms in total. The summed E-state index contributed by atoms with van der Waals surface area (Å²) in [5.41, 5.74) is 0. The van der Waals surface area contributed by atoms with Crippen molar-refractivity contribution in [1.29, 1.82) is 0 Å². The molecule has 2 saturated carbocycles. The van der Waals surface area contributed by atoms with E-state index in [2.05, 4.69) is 26.1 Å². The summed E-state index contributed by atoms with van der Waals surface area (Å²) < 4.78 is 0. The van der Waals surface area contributed by atoms with E-state index < -0.39 is 0 Å². The summed E-state index contributed by atoms with van der Waals surface area (Å²) in [4.78, 5) is 0. The van der Waals surface area contributed by atoms with E-state index in [4.69, 9.17) is 0 Å². The first-order chi connectivity index (χ1) is 6.70. The monoisotopic (exact) mass is 195 g/mol. The lowest BCUT2D eigenvalue weighted by molar-refractivity contribution is 0.246. The quantitative estimate of drug-likeness (QED) is 0.726. The van der Waals surface area contributed by atoms with Crippen LogP contribution in [0.15, 0.2) is 0 Å². The third-order valence-corrected chi connectivity index (χ3v) is 4.59. The fraction of sp³-hybridized carbons (Fsp3) is 1.00. The fourth-order valence-electron chi connectivity index (χ4n) is 3.60. The van der Waals surface area contributed by atoms with Crippen molar-refractivity contribution < 1.29 is 0 Å². The zero-order valence-corrected chi connectivity index (χ0v) is 9.92. The van der Waals surface area contributed by atoms with Crippen molar-refractivity contribution in [1.82, 2.24) is 5.32 Å². The second-order valence-electron chi connectivity index (χ2n) is 5.60. The Bertz CT molecular complexity index is 190. The predicted molar refractivity (Wildman–Crippen MR) is 61.3 cm³/mol. The Morgan fingerprint density at radius 3 is 2.50 bits per heavy atom. The second-order valence-corrected chi connectivity index (χ2v) is 5.60. The molecule has 1 N–H and O–H groups in total. The molecule has 0 radical (unpaired) electrons. The highest BCUT2D eigenvalue weighted by Crippen LogP contribution is 2.49. The normalized spacial score (nSPS) is 40.1. The molecule has 0 amide bonds. The molecule has 14 heavy (non-hydrogen) atoms. The molecule has 2 fully saturated rings. The fourth-order valence-corrected chi connectivity index (χ4v) is 3.60. The third-order valence-electron chi connectivity index (χ3n) is 4.59. The molecular formula is C13H25N. The topological polar surface area (TPSA) is 12.0 Å². The van der Waals surface area contributed by atoms with Crippen molar-refractivity contribution in [2.24, 2.45) is 17.8 Å². The maximum Gasteiger partial charge on any atom is 0.00722 e. The van der Waals surface area contributed by atoms with Crippen molar-refractivity contribution in [3.05, 3.63) is 0 Å². The maximum absolute atomic E-state index is 3.76. The average Bonchev–Trinajstić information content (AvgIpc) is 2.78. The van der Waals surface area contributed by atoms with Gasteiger partial charge < -0.3 is 5.32 Å². The van der Waals surface area contributed by atoms with E-state index in [0.29, 0.717) is 6.04 Å². The molecule has 0 aromatic heterocycles. The van der Waals surface area contributed by atoms with Crippen LogP contribution in [0.2, 0.25) is 0 Å². The van der Waals surface area contributed by atoms with Gasteiger partial charge in [-0.2, -0.15) is 0 Å². The van der Waals surface area contributed by atoms with Crippen LogP contribution < -0.4 is 5.32 Å². The Balaban J connectivity index is 1.83. The molecule has 2 aliphatic carbocycles. The van der Waals surface area contributed by atoms with E-state index in [1.54, 1.807) is 0 Å². The molecule has 0 aromatic carbocycles. The van der Waals surface area contributed by atoms with E-state index in [1.165, 1.54) is 32.1 Å². The highest BCUT2D eigenvalue weighted by Gasteiger charge is 2.41. The molecule has 0 aliphatic heterocycles. The molecule has 0 aromatic rings. The summed E-state index contributed by atoms with van der Waals surface area (Å²) in [5, 5.41) is 3.76. The molecule has 5 unspecified atom stereocenters. The van der Waals surface area contributed by atoms with Crippen molar-refractivity contribution in [3.63, 3.8) is 0 Å². The van der Waals surface area contributed by atoms with Crippen LogP contribution in [-0.4, -0.2) is 12.1 Å². The molecule has 1 heteroatoms. The minimum Gasteiger partial charge on any atom is -0.312 e. The molecule has 0 saturated heterocycles. The van der Waals surface area contributed by atoms with Crippen LogP contribution in [0.5, 0.6) is 0 Å². The van der Waals surface area contributed by atoms with Gasteiger partial charge in [-0.25, -0.2) is 0 Å². The Labute approximate surface area is 88.7 Å². The van der Waals surface area contributed by atoms with Gasteiger partial charge in [0, 0.05) is 12.1 Å². The van der Waals surface area contributed by atoms with Gasteiger partial charge in [0.1, 0.15) is 0 Å². The Morgan fingerprint density at radius 2 is 2.00 bits per heavy atom. The van der Waals surface area contributed by atoms with Crippen LogP contribution in [0.4, 0.5) is 0 Å². The molecular weight excluding hydrogens is 170 g/mol. The van der Waals surface area contributed by atoms with Crippen LogP contribution >= 0.6 is 0 Å². The lowest BCUT2D eigenvalue weighted by atomic mass is 9.83. The van der Waals surface area contributed by atoms with Crippen molar-refractivity contribution in [2.75, 3.05) is 0 Å². The van der Waals surface area contributed by atoms with E-state index in [1.807, 2.05) is 0 Å². The maximum atomic E-state index is 3.76. The van der Waals surface area contributed by atoms with Gasteiger partial charge in [-0.05, 0) is 57.3 Å². The lowest BCUT2D eigenvalue weighted by Crippen LogP contribution is -2.41. The van der Waals surface area contributed by atoms with E-state index in [-0.39, 0.29) is 0 Å². The Kier molecular flexibility index (Phi) is 3.16. The standard InChI is InChI=1S/C13H25N/c1-4-9(2)14-10(3)13-8-11-5-6-12(13)7-11/h9-14H,4-8H2,1-3H3. The number of nitrogens with one attached hydrogen (secondary N) is 1. The van der Waals surface area contributed by atoms with Gasteiger partial charge in [-0.15, -0.1) is 0 Å². The second kappa shape index (κ2) is 4.22. The van der Waals surface area contributed by atoms with Gasteiger partial charge >= 0.3 is 0 Å². The smallest absolute Gasteiger partial charge is 0.00722 e. The van der Waals surface area contributed by atoms with Gasteiger partial charge in [0.05, 0.1) is 0 Å². The number of fused-ring (bicyclic) bond motifs is 2. The van der Waals surface area contributed by atoms with E-state index in [9.17, 15) is 0 Å². The summed E-state index contributed by atoms with van der Waals surface area (Å²) >= 11 is 0. The van der Waals surface area contributed by atoms with Gasteiger partial charge in [0.25, 0.3) is 0 Å².